The van der Waals surface area contributed by atoms with E-state index in [2.05, 4.69) is 0 Å². The Morgan fingerprint density at radius 1 is 0.935 bits per heavy atom. The molecule has 31 heavy (non-hydrogen) atoms. The third-order valence-electron chi connectivity index (χ3n) is 4.27. The molecule has 0 aromatic heterocycles. The van der Waals surface area contributed by atoms with Crippen molar-refractivity contribution < 1.29 is 31.2 Å². The van der Waals surface area contributed by atoms with Crippen LogP contribution in [0.1, 0.15) is 18.0 Å². The molecule has 2 aromatic carbocycles. The third kappa shape index (κ3) is 6.54. The number of rotatable bonds is 3. The number of benzene rings is 2. The Hall–Kier alpha value is -3.93. The Balaban J connectivity index is 0.000000678. The largest absolute Gasteiger partial charge is 0.539 e. The Bertz CT molecular complexity index is 1260. The highest BCUT2D eigenvalue weighted by molar-refractivity contribution is 6.26. The second kappa shape index (κ2) is 10.7. The van der Waals surface area contributed by atoms with Crippen molar-refractivity contribution >= 4 is 28.9 Å². The van der Waals surface area contributed by atoms with Crippen LogP contribution in [0.3, 0.4) is 0 Å². The van der Waals surface area contributed by atoms with Crippen LogP contribution in [-0.4, -0.2) is 55.5 Å². The maximum Gasteiger partial charge on any atom is 0.351 e. The molecule has 1 aliphatic rings. The number of nitrogens with zero attached hydrogens (tertiary/aromatic N) is 2. The molecule has 0 atom stereocenters. The highest BCUT2D eigenvalue weighted by Gasteiger charge is 2.13. The van der Waals surface area contributed by atoms with Crippen LogP contribution >= 0.6 is 0 Å². The summed E-state index contributed by atoms with van der Waals surface area (Å²) in [5.41, 5.74) is 4.43. The van der Waals surface area contributed by atoms with E-state index in [1.54, 1.807) is 0 Å². The molecule has 1 aliphatic carbocycles. The minimum absolute atomic E-state index is 0.204. The van der Waals surface area contributed by atoms with Crippen molar-refractivity contribution in [2.75, 3.05) is 33.1 Å². The normalized spacial score (nSPS) is 14.3. The summed E-state index contributed by atoms with van der Waals surface area (Å²) >= 11 is 0. The molecule has 0 amide bonds. The molecule has 0 radical (unpaired) electrons. The summed E-state index contributed by atoms with van der Waals surface area (Å²) in [4.78, 5) is 20.0. The lowest BCUT2D eigenvalue weighted by molar-refractivity contribution is -0.462. The zero-order chi connectivity index (χ0) is 27.3. The Morgan fingerprint density at radius 2 is 1.45 bits per heavy atom. The van der Waals surface area contributed by atoms with Crippen LogP contribution in [0.25, 0.3) is 5.57 Å². The molecule has 2 aromatic rings. The maximum atomic E-state index is 9.04. The third-order valence-corrected chi connectivity index (χ3v) is 4.27. The molecule has 0 fully saturated rings. The maximum absolute atomic E-state index is 9.04. The number of hydrogen-bond acceptors (Lipinski definition) is 4. The highest BCUT2D eigenvalue weighted by atomic mass is 16.4. The van der Waals surface area contributed by atoms with Gasteiger partial charge in [0.25, 0.3) is 0 Å². The predicted octanol–water partition coefficient (Wildman–Crippen LogP) is 2.21. The lowest BCUT2D eigenvalue weighted by Gasteiger charge is -2.16. The van der Waals surface area contributed by atoms with Gasteiger partial charge in [0.1, 0.15) is 14.1 Å². The number of carboxylic acids is 2. The van der Waals surface area contributed by atoms with Gasteiger partial charge in [-0.25, -0.2) is 9.37 Å². The standard InChI is InChI=1S/C23H25N2.C2H2O4/c1-24(2)21-14-10-19(11-15-21)23(18-8-6-5-7-9-18)20-12-16-22(17-13-20)25(3)4;3-1(4)2(5)6/h5-17H,1-4H3;(H,3,4)(H,5,6)/q+1;/p-1/i5D,6D,7D,8D,9D;. The highest BCUT2D eigenvalue weighted by Crippen LogP contribution is 2.30. The van der Waals surface area contributed by atoms with E-state index in [1.165, 1.54) is 0 Å². The quantitative estimate of drug-likeness (QED) is 0.605. The fraction of sp³-hybridized carbons (Fsp3) is 0.160. The van der Waals surface area contributed by atoms with Gasteiger partial charge in [-0.1, -0.05) is 42.3 Å². The molecule has 1 N–H and O–H groups in total. The Labute approximate surface area is 189 Å². The lowest BCUT2D eigenvalue weighted by atomic mass is 9.90. The number of aliphatic carboxylic acids is 2. The minimum atomic E-state index is -2.07. The lowest BCUT2D eigenvalue weighted by Crippen LogP contribution is -2.30. The zero-order valence-electron chi connectivity index (χ0n) is 22.7. The van der Waals surface area contributed by atoms with Crippen LogP contribution < -0.4 is 10.0 Å². The molecule has 160 valence electrons. The molecule has 0 saturated carbocycles. The van der Waals surface area contributed by atoms with E-state index in [0.717, 1.165) is 22.5 Å². The SMILES string of the molecule is O=C([O-])C(=O)O.[2H]c1c([2H])c([2H])c(C(=C2C=CC(=[N+](C)C)C=C2)c2ccc(N(C)C)cc2)c([2H])c1[2H]. The van der Waals surface area contributed by atoms with Crippen LogP contribution in [0, 0.1) is 0 Å². The fourth-order valence-electron chi connectivity index (χ4n) is 2.68. The van der Waals surface area contributed by atoms with Gasteiger partial charge in [-0.15, -0.1) is 0 Å². The number of carbonyl (C=O) groups is 2. The van der Waals surface area contributed by atoms with Gasteiger partial charge in [-0.3, -0.25) is 0 Å². The summed E-state index contributed by atoms with van der Waals surface area (Å²) in [6, 6.07) is 6.29. The molecular formula is C25H26N2O4. The average Bonchev–Trinajstić information content (AvgIpc) is 2.84. The first-order valence-corrected chi connectivity index (χ1v) is 9.21. The van der Waals surface area contributed by atoms with Crippen LogP contribution in [0.15, 0.2) is 84.4 Å². The number of hydrogen-bond donors (Lipinski definition) is 1. The molecule has 0 saturated heterocycles. The summed E-state index contributed by atoms with van der Waals surface area (Å²) in [6.07, 6.45) is 7.76. The van der Waals surface area contributed by atoms with E-state index in [9.17, 15) is 0 Å². The van der Waals surface area contributed by atoms with Crippen molar-refractivity contribution in [3.8, 4) is 0 Å². The second-order valence-corrected chi connectivity index (χ2v) is 6.85. The van der Waals surface area contributed by atoms with E-state index >= 15 is 0 Å². The Morgan fingerprint density at radius 3 is 1.87 bits per heavy atom. The van der Waals surface area contributed by atoms with Crippen LogP contribution in [-0.2, 0) is 9.59 Å². The van der Waals surface area contributed by atoms with E-state index in [-0.39, 0.29) is 35.8 Å². The topological polar surface area (TPSA) is 83.7 Å². The first-order chi connectivity index (χ1) is 16.8. The van der Waals surface area contributed by atoms with Crippen molar-refractivity contribution in [1.82, 2.24) is 0 Å². The molecule has 3 rings (SSSR count). The van der Waals surface area contributed by atoms with Crippen molar-refractivity contribution in [3.63, 3.8) is 0 Å². The van der Waals surface area contributed by atoms with Gasteiger partial charge in [0.05, 0.1) is 6.85 Å². The number of carbonyl (C=O) groups excluding carboxylic acids is 1. The summed E-state index contributed by atoms with van der Waals surface area (Å²) in [7, 11) is 7.81. The first-order valence-electron chi connectivity index (χ1n) is 11.7. The van der Waals surface area contributed by atoms with Crippen LogP contribution in [0.5, 0.6) is 0 Å². The van der Waals surface area contributed by atoms with Gasteiger partial charge in [-0.05, 0) is 46.6 Å². The minimum Gasteiger partial charge on any atom is -0.539 e. The molecule has 0 bridgehead atoms. The van der Waals surface area contributed by atoms with Crippen molar-refractivity contribution in [2.45, 2.75) is 0 Å². The van der Waals surface area contributed by atoms with E-state index < -0.39 is 11.9 Å². The van der Waals surface area contributed by atoms with Gasteiger partial charge in [0, 0.05) is 31.9 Å². The monoisotopic (exact) mass is 423 g/mol. The van der Waals surface area contributed by atoms with Gasteiger partial charge >= 0.3 is 5.97 Å². The van der Waals surface area contributed by atoms with E-state index in [4.69, 9.17) is 26.7 Å². The van der Waals surface area contributed by atoms with E-state index in [0.29, 0.717) is 5.57 Å². The van der Waals surface area contributed by atoms with Crippen molar-refractivity contribution in [3.05, 3.63) is 95.5 Å². The number of carboxylic acid groups (broad SMARTS) is 2. The van der Waals surface area contributed by atoms with Gasteiger partial charge < -0.3 is 19.9 Å². The molecule has 6 nitrogen and oxygen atoms in total. The summed E-state index contributed by atoms with van der Waals surface area (Å²) in [6.45, 7) is 0. The molecule has 0 heterocycles. The number of anilines is 1. The van der Waals surface area contributed by atoms with E-state index in [1.807, 2.05) is 86.2 Å². The average molecular weight is 424 g/mol. The molecule has 0 spiro atoms. The van der Waals surface area contributed by atoms with Gasteiger partial charge in [0.15, 0.2) is 11.7 Å². The molecule has 0 unspecified atom stereocenters. The summed E-state index contributed by atoms with van der Waals surface area (Å²) < 4.78 is 43.1. The molecule has 0 aliphatic heterocycles. The second-order valence-electron chi connectivity index (χ2n) is 6.85. The zero-order valence-corrected chi connectivity index (χ0v) is 17.7. The fourth-order valence-corrected chi connectivity index (χ4v) is 2.68. The Kier molecular flexibility index (Phi) is 5.83. The molecule has 6 heteroatoms. The van der Waals surface area contributed by atoms with Crippen molar-refractivity contribution in [2.24, 2.45) is 0 Å². The summed E-state index contributed by atoms with van der Waals surface area (Å²) in [5.74, 6) is -4.01. The van der Waals surface area contributed by atoms with Crippen LogP contribution in [0.2, 0.25) is 0 Å². The summed E-state index contributed by atoms with van der Waals surface area (Å²) in [5, 5.41) is 16.3. The number of allylic oxidation sites excluding steroid dienone is 5. The van der Waals surface area contributed by atoms with Crippen molar-refractivity contribution in [1.29, 1.82) is 0 Å². The van der Waals surface area contributed by atoms with Crippen LogP contribution in [0.4, 0.5) is 5.69 Å². The first kappa shape index (κ1) is 16.8. The molecular weight excluding hydrogens is 392 g/mol. The smallest absolute Gasteiger partial charge is 0.351 e. The van der Waals surface area contributed by atoms with Gasteiger partial charge in [0.2, 0.25) is 0 Å². The van der Waals surface area contributed by atoms with Gasteiger partial charge in [-0.2, -0.15) is 0 Å². The predicted molar refractivity (Wildman–Crippen MR) is 121 cm³/mol.